The van der Waals surface area contributed by atoms with Crippen molar-refractivity contribution in [3.05, 3.63) is 17.6 Å². The van der Waals surface area contributed by atoms with Crippen LogP contribution >= 0.6 is 0 Å². The maximum Gasteiger partial charge on any atom is 0.225 e. The number of amides is 1. The van der Waals surface area contributed by atoms with Crippen molar-refractivity contribution in [2.75, 3.05) is 31.6 Å². The molecule has 0 spiro atoms. The van der Waals surface area contributed by atoms with Crippen LogP contribution in [0.5, 0.6) is 0 Å². The smallest absolute Gasteiger partial charge is 0.225 e. The summed E-state index contributed by atoms with van der Waals surface area (Å²) < 4.78 is 0. The first-order chi connectivity index (χ1) is 12.1. The molecular weight excluding hydrogens is 312 g/mol. The number of aromatic nitrogens is 2. The highest BCUT2D eigenvalue weighted by molar-refractivity contribution is 5.79. The molecule has 3 aliphatic rings. The van der Waals surface area contributed by atoms with Gasteiger partial charge in [-0.15, -0.1) is 0 Å². The van der Waals surface area contributed by atoms with E-state index in [0.29, 0.717) is 23.7 Å². The van der Waals surface area contributed by atoms with Gasteiger partial charge in [0.25, 0.3) is 0 Å². The highest BCUT2D eigenvalue weighted by Crippen LogP contribution is 2.39. The fourth-order valence-corrected chi connectivity index (χ4v) is 4.05. The number of nitrogens with zero attached hydrogens (tertiary/aromatic N) is 4. The molecule has 25 heavy (non-hydrogen) atoms. The van der Waals surface area contributed by atoms with E-state index in [-0.39, 0.29) is 0 Å². The van der Waals surface area contributed by atoms with Crippen LogP contribution in [0, 0.1) is 18.8 Å². The molecule has 5 heteroatoms. The molecule has 1 aliphatic heterocycles. The van der Waals surface area contributed by atoms with Crippen molar-refractivity contribution in [1.29, 1.82) is 0 Å². The van der Waals surface area contributed by atoms with Crippen molar-refractivity contribution in [3.63, 3.8) is 0 Å². The number of hydrogen-bond acceptors (Lipinski definition) is 4. The summed E-state index contributed by atoms with van der Waals surface area (Å²) in [5.74, 6) is 4.05. The molecule has 0 atom stereocenters. The fraction of sp³-hybridized carbons (Fsp3) is 0.750. The number of carbonyl (C=O) groups excluding carboxylic acids is 1. The summed E-state index contributed by atoms with van der Waals surface area (Å²) >= 11 is 0. The van der Waals surface area contributed by atoms with E-state index in [9.17, 15) is 4.79 Å². The van der Waals surface area contributed by atoms with Crippen molar-refractivity contribution in [2.24, 2.45) is 11.8 Å². The van der Waals surface area contributed by atoms with E-state index in [1.807, 2.05) is 11.9 Å². The Morgan fingerprint density at radius 3 is 2.48 bits per heavy atom. The van der Waals surface area contributed by atoms with E-state index in [1.165, 1.54) is 19.3 Å². The molecular formula is C20H30N4O. The minimum absolute atomic E-state index is 0.315. The maximum atomic E-state index is 12.3. The number of piperidine rings is 1. The van der Waals surface area contributed by atoms with Gasteiger partial charge in [-0.2, -0.15) is 0 Å². The second kappa shape index (κ2) is 6.93. The average Bonchev–Trinajstić information content (AvgIpc) is 3.38. The summed E-state index contributed by atoms with van der Waals surface area (Å²) in [6, 6.07) is 2.12. The van der Waals surface area contributed by atoms with Gasteiger partial charge in [0.05, 0.1) is 0 Å². The molecule has 1 aromatic rings. The van der Waals surface area contributed by atoms with Crippen molar-refractivity contribution in [2.45, 2.75) is 57.8 Å². The van der Waals surface area contributed by atoms with Gasteiger partial charge in [-0.1, -0.05) is 6.42 Å². The summed E-state index contributed by atoms with van der Waals surface area (Å²) in [7, 11) is 1.99. The molecule has 2 aliphatic carbocycles. The zero-order valence-corrected chi connectivity index (χ0v) is 15.6. The van der Waals surface area contributed by atoms with Crippen molar-refractivity contribution < 1.29 is 4.79 Å². The van der Waals surface area contributed by atoms with Crippen LogP contribution in [0.25, 0.3) is 0 Å². The molecule has 3 fully saturated rings. The number of anilines is 1. The standard InChI is InChI=1S/C20H30N4O/c1-14-12-18(22-19(21-14)16-6-7-16)24-10-8-15(9-11-24)13-23(2)20(25)17-4-3-5-17/h12,15-17H,3-11,13H2,1-2H3. The summed E-state index contributed by atoms with van der Waals surface area (Å²) in [5, 5.41) is 0. The third-order valence-corrected chi connectivity index (χ3v) is 6.10. The Balaban J connectivity index is 1.31. The molecule has 0 N–H and O–H groups in total. The Kier molecular flexibility index (Phi) is 4.65. The SMILES string of the molecule is Cc1cc(N2CCC(CN(C)C(=O)C3CCC3)CC2)nc(C2CC2)n1. The Morgan fingerprint density at radius 2 is 1.88 bits per heavy atom. The molecule has 0 bridgehead atoms. The fourth-order valence-electron chi connectivity index (χ4n) is 4.05. The van der Waals surface area contributed by atoms with Crippen LogP contribution in [0.3, 0.4) is 0 Å². The lowest BCUT2D eigenvalue weighted by Gasteiger charge is -2.36. The second-order valence-corrected chi connectivity index (χ2v) is 8.28. The zero-order valence-electron chi connectivity index (χ0n) is 15.6. The van der Waals surface area contributed by atoms with Gasteiger partial charge in [0.15, 0.2) is 0 Å². The predicted octanol–water partition coefficient (Wildman–Crippen LogP) is 3.14. The molecule has 1 saturated heterocycles. The highest BCUT2D eigenvalue weighted by Gasteiger charge is 2.31. The van der Waals surface area contributed by atoms with Crippen LogP contribution < -0.4 is 4.90 Å². The van der Waals surface area contributed by atoms with Crippen LogP contribution in [0.2, 0.25) is 0 Å². The summed E-state index contributed by atoms with van der Waals surface area (Å²) in [4.78, 5) is 26.2. The minimum atomic E-state index is 0.315. The quantitative estimate of drug-likeness (QED) is 0.825. The number of carbonyl (C=O) groups is 1. The van der Waals surface area contributed by atoms with E-state index in [1.54, 1.807) is 0 Å². The number of aryl methyl sites for hydroxylation is 1. The molecule has 1 amide bonds. The molecule has 4 rings (SSSR count). The van der Waals surface area contributed by atoms with Crippen LogP contribution in [0.15, 0.2) is 6.07 Å². The minimum Gasteiger partial charge on any atom is -0.356 e. The zero-order chi connectivity index (χ0) is 17.4. The molecule has 0 unspecified atom stereocenters. The molecule has 0 radical (unpaired) electrons. The van der Waals surface area contributed by atoms with Gasteiger partial charge in [0.2, 0.25) is 5.91 Å². The largest absolute Gasteiger partial charge is 0.356 e. The van der Waals surface area contributed by atoms with Gasteiger partial charge < -0.3 is 9.80 Å². The lowest BCUT2D eigenvalue weighted by Crippen LogP contribution is -2.42. The van der Waals surface area contributed by atoms with Crippen LogP contribution in [0.1, 0.15) is 62.4 Å². The van der Waals surface area contributed by atoms with Crippen LogP contribution in [-0.2, 0) is 4.79 Å². The topological polar surface area (TPSA) is 49.3 Å². The molecule has 136 valence electrons. The molecule has 2 saturated carbocycles. The van der Waals surface area contributed by atoms with Crippen LogP contribution in [-0.4, -0.2) is 47.5 Å². The first-order valence-corrected chi connectivity index (χ1v) is 9.95. The monoisotopic (exact) mass is 342 g/mol. The first kappa shape index (κ1) is 16.8. The Morgan fingerprint density at radius 1 is 1.16 bits per heavy atom. The number of rotatable bonds is 5. The molecule has 2 heterocycles. The summed E-state index contributed by atoms with van der Waals surface area (Å²) in [6.07, 6.45) is 8.19. The normalized spacial score (nSPS) is 21.9. The van der Waals surface area contributed by atoms with Crippen molar-refractivity contribution >= 4 is 11.7 Å². The molecule has 1 aromatic heterocycles. The van der Waals surface area contributed by atoms with Gasteiger partial charge in [-0.25, -0.2) is 9.97 Å². The highest BCUT2D eigenvalue weighted by atomic mass is 16.2. The van der Waals surface area contributed by atoms with E-state index >= 15 is 0 Å². The maximum absolute atomic E-state index is 12.3. The van der Waals surface area contributed by atoms with Gasteiger partial charge in [0, 0.05) is 50.3 Å². The van der Waals surface area contributed by atoms with E-state index < -0.39 is 0 Å². The van der Waals surface area contributed by atoms with Gasteiger partial charge in [0.1, 0.15) is 11.6 Å². The lowest BCUT2D eigenvalue weighted by molar-refractivity contribution is -0.137. The lowest BCUT2D eigenvalue weighted by atomic mass is 9.84. The first-order valence-electron chi connectivity index (χ1n) is 9.95. The summed E-state index contributed by atoms with van der Waals surface area (Å²) in [6.45, 7) is 5.07. The van der Waals surface area contributed by atoms with E-state index in [2.05, 4.69) is 22.9 Å². The van der Waals surface area contributed by atoms with Gasteiger partial charge in [-0.05, 0) is 51.4 Å². The Labute approximate surface area is 150 Å². The second-order valence-electron chi connectivity index (χ2n) is 8.28. The van der Waals surface area contributed by atoms with Crippen LogP contribution in [0.4, 0.5) is 5.82 Å². The van der Waals surface area contributed by atoms with Crippen molar-refractivity contribution in [1.82, 2.24) is 14.9 Å². The third kappa shape index (κ3) is 3.80. The Bertz CT molecular complexity index is 631. The van der Waals surface area contributed by atoms with Gasteiger partial charge >= 0.3 is 0 Å². The Hall–Kier alpha value is -1.65. The molecule has 5 nitrogen and oxygen atoms in total. The third-order valence-electron chi connectivity index (χ3n) is 6.10. The van der Waals surface area contributed by atoms with Gasteiger partial charge in [-0.3, -0.25) is 4.79 Å². The van der Waals surface area contributed by atoms with E-state index in [0.717, 1.165) is 62.7 Å². The predicted molar refractivity (Wildman–Crippen MR) is 98.7 cm³/mol. The number of hydrogen-bond donors (Lipinski definition) is 0. The van der Waals surface area contributed by atoms with Crippen molar-refractivity contribution in [3.8, 4) is 0 Å². The molecule has 0 aromatic carbocycles. The average molecular weight is 342 g/mol. The summed E-state index contributed by atoms with van der Waals surface area (Å²) in [5.41, 5.74) is 1.08. The van der Waals surface area contributed by atoms with E-state index in [4.69, 9.17) is 4.98 Å².